The van der Waals surface area contributed by atoms with E-state index in [-0.39, 0.29) is 0 Å². The topological polar surface area (TPSA) is 74.6 Å². The minimum atomic E-state index is -5.77. The number of ether oxygens (including phenoxy) is 1. The summed E-state index contributed by atoms with van der Waals surface area (Å²) in [5.41, 5.74) is -5.53. The van der Waals surface area contributed by atoms with E-state index >= 15 is 0 Å². The van der Waals surface area contributed by atoms with Crippen LogP contribution in [0.5, 0.6) is 5.75 Å². The second-order valence-corrected chi connectivity index (χ2v) is 7.87. The van der Waals surface area contributed by atoms with Gasteiger partial charge in [0.2, 0.25) is 0 Å². The molecule has 6 nitrogen and oxygen atoms in total. The molecule has 0 aliphatic heterocycles. The highest BCUT2D eigenvalue weighted by atomic mass is 32.2. The molecule has 0 radical (unpaired) electrons. The highest BCUT2D eigenvalue weighted by Gasteiger charge is 2.48. The highest BCUT2D eigenvalue weighted by Crippen LogP contribution is 2.31. The largest absolute Gasteiger partial charge is 0.534 e. The van der Waals surface area contributed by atoms with Crippen molar-refractivity contribution in [2.75, 3.05) is 0 Å². The molecule has 10 heteroatoms. The van der Waals surface area contributed by atoms with Crippen LogP contribution in [0, 0.1) is 6.92 Å². The van der Waals surface area contributed by atoms with Crippen molar-refractivity contribution in [1.29, 1.82) is 0 Å². The second kappa shape index (κ2) is 5.94. The van der Waals surface area contributed by atoms with Crippen molar-refractivity contribution < 1.29 is 35.3 Å². The van der Waals surface area contributed by atoms with Crippen LogP contribution in [0.15, 0.2) is 24.4 Å². The zero-order valence-electron chi connectivity index (χ0n) is 13.8. The van der Waals surface area contributed by atoms with E-state index in [4.69, 9.17) is 4.74 Å². The number of aromatic nitrogens is 1. The van der Waals surface area contributed by atoms with Gasteiger partial charge in [-0.2, -0.15) is 21.6 Å². The molecule has 0 spiro atoms. The SMILES string of the molecule is Cc1cc(OS(=O)(=O)C(F)(F)F)cc2ccn(C(=O)OC(C)(C)C)c12. The van der Waals surface area contributed by atoms with Crippen LogP contribution in [0.4, 0.5) is 18.0 Å². The predicted molar refractivity (Wildman–Crippen MR) is 83.9 cm³/mol. The summed E-state index contributed by atoms with van der Waals surface area (Å²) in [5.74, 6) is -0.496. The molecule has 0 saturated carbocycles. The maximum atomic E-state index is 12.4. The molecule has 0 fully saturated rings. The first-order valence-corrected chi connectivity index (χ1v) is 8.48. The van der Waals surface area contributed by atoms with Gasteiger partial charge in [-0.25, -0.2) is 4.79 Å². The first-order chi connectivity index (χ1) is 11.2. The molecule has 0 amide bonds. The number of benzene rings is 1. The number of halogens is 3. The zero-order valence-corrected chi connectivity index (χ0v) is 14.7. The van der Waals surface area contributed by atoms with Crippen molar-refractivity contribution in [2.45, 2.75) is 38.8 Å². The molecule has 1 aromatic carbocycles. The van der Waals surface area contributed by atoms with Crippen molar-refractivity contribution in [3.8, 4) is 5.75 Å². The Morgan fingerprint density at radius 2 is 1.76 bits per heavy atom. The molecule has 0 unspecified atom stereocenters. The molecule has 0 atom stereocenters. The lowest BCUT2D eigenvalue weighted by atomic mass is 10.1. The summed E-state index contributed by atoms with van der Waals surface area (Å²) < 4.78 is 70.1. The van der Waals surface area contributed by atoms with Crippen LogP contribution in [-0.2, 0) is 14.9 Å². The fraction of sp³-hybridized carbons (Fsp3) is 0.400. The van der Waals surface area contributed by atoms with E-state index in [2.05, 4.69) is 4.18 Å². The van der Waals surface area contributed by atoms with Gasteiger partial charge in [-0.05, 0) is 51.5 Å². The number of alkyl halides is 3. The molecule has 25 heavy (non-hydrogen) atoms. The lowest BCUT2D eigenvalue weighted by Gasteiger charge is -2.20. The molecule has 0 N–H and O–H groups in total. The maximum Gasteiger partial charge on any atom is 0.534 e. The summed E-state index contributed by atoms with van der Waals surface area (Å²) in [6, 6.07) is 3.65. The van der Waals surface area contributed by atoms with Crippen molar-refractivity contribution in [2.24, 2.45) is 0 Å². The van der Waals surface area contributed by atoms with E-state index < -0.39 is 33.1 Å². The van der Waals surface area contributed by atoms with Crippen LogP contribution in [0.25, 0.3) is 10.9 Å². The van der Waals surface area contributed by atoms with E-state index in [1.165, 1.54) is 23.8 Å². The number of fused-ring (bicyclic) bond motifs is 1. The fourth-order valence-electron chi connectivity index (χ4n) is 2.14. The molecule has 0 aliphatic carbocycles. The summed E-state index contributed by atoms with van der Waals surface area (Å²) in [7, 11) is -5.77. The van der Waals surface area contributed by atoms with Gasteiger partial charge in [0.15, 0.2) is 0 Å². The number of rotatable bonds is 2. The van der Waals surface area contributed by atoms with Crippen LogP contribution >= 0.6 is 0 Å². The molecule has 138 valence electrons. The minimum Gasteiger partial charge on any atom is -0.443 e. The first-order valence-electron chi connectivity index (χ1n) is 7.07. The molecule has 0 bridgehead atoms. The highest BCUT2D eigenvalue weighted by molar-refractivity contribution is 7.88. The summed E-state index contributed by atoms with van der Waals surface area (Å²) in [6.07, 6.45) is 0.718. The average Bonchev–Trinajstić information content (AvgIpc) is 2.78. The first kappa shape index (κ1) is 19.1. The van der Waals surface area contributed by atoms with Crippen molar-refractivity contribution >= 4 is 27.1 Å². The van der Waals surface area contributed by atoms with Crippen LogP contribution in [0.2, 0.25) is 0 Å². The van der Waals surface area contributed by atoms with Gasteiger partial charge in [0.1, 0.15) is 11.4 Å². The molecule has 0 saturated heterocycles. The molecule has 1 heterocycles. The van der Waals surface area contributed by atoms with Gasteiger partial charge in [-0.15, -0.1) is 0 Å². The molecule has 2 rings (SSSR count). The van der Waals surface area contributed by atoms with E-state index in [0.29, 0.717) is 16.5 Å². The summed E-state index contributed by atoms with van der Waals surface area (Å²) in [6.45, 7) is 6.59. The number of hydrogen-bond acceptors (Lipinski definition) is 5. The standard InChI is InChI=1S/C15H16F3NO5S/c1-9-7-11(24-25(21,22)15(16,17)18)8-10-5-6-19(12(9)10)13(20)23-14(2,3)4/h5-8H,1-4H3. The third kappa shape index (κ3) is 4.06. The molecular weight excluding hydrogens is 363 g/mol. The van der Waals surface area contributed by atoms with Crippen LogP contribution < -0.4 is 4.18 Å². The quantitative estimate of drug-likeness (QED) is 0.583. The Bertz CT molecular complexity index is 923. The third-order valence-electron chi connectivity index (χ3n) is 3.03. The fourth-order valence-corrected chi connectivity index (χ4v) is 2.59. The monoisotopic (exact) mass is 379 g/mol. The number of nitrogens with zero attached hydrogens (tertiary/aromatic N) is 1. The molecule has 2 aromatic rings. The summed E-state index contributed by atoms with van der Waals surface area (Å²) in [5, 5.41) is 0.332. The number of carbonyl (C=O) groups excluding carboxylic acids is 1. The molecule has 0 aliphatic rings. The number of hydrogen-bond donors (Lipinski definition) is 0. The Morgan fingerprint density at radius 3 is 2.28 bits per heavy atom. The Morgan fingerprint density at radius 1 is 1.16 bits per heavy atom. The van der Waals surface area contributed by atoms with Gasteiger partial charge in [0.05, 0.1) is 5.52 Å². The van der Waals surface area contributed by atoms with Crippen LogP contribution in [0.3, 0.4) is 0 Å². The predicted octanol–water partition coefficient (Wildman–Crippen LogP) is 3.96. The van der Waals surface area contributed by atoms with E-state index in [1.54, 1.807) is 20.8 Å². The van der Waals surface area contributed by atoms with E-state index in [1.807, 2.05) is 0 Å². The van der Waals surface area contributed by atoms with Crippen molar-refractivity contribution in [3.63, 3.8) is 0 Å². The Hall–Kier alpha value is -2.23. The lowest BCUT2D eigenvalue weighted by Crippen LogP contribution is -2.28. The smallest absolute Gasteiger partial charge is 0.443 e. The van der Waals surface area contributed by atoms with Gasteiger partial charge >= 0.3 is 21.7 Å². The third-order valence-corrected chi connectivity index (χ3v) is 4.01. The van der Waals surface area contributed by atoms with Crippen LogP contribution in [0.1, 0.15) is 26.3 Å². The van der Waals surface area contributed by atoms with E-state index in [0.717, 1.165) is 12.1 Å². The van der Waals surface area contributed by atoms with Crippen molar-refractivity contribution in [3.05, 3.63) is 30.0 Å². The summed E-state index contributed by atoms with van der Waals surface area (Å²) in [4.78, 5) is 12.2. The normalized spacial score (nSPS) is 13.1. The Kier molecular flexibility index (Phi) is 4.54. The number of carbonyl (C=O) groups is 1. The van der Waals surface area contributed by atoms with Gasteiger partial charge in [-0.1, -0.05) is 0 Å². The van der Waals surface area contributed by atoms with Gasteiger partial charge in [-0.3, -0.25) is 4.57 Å². The maximum absolute atomic E-state index is 12.4. The Labute approximate surface area is 142 Å². The lowest BCUT2D eigenvalue weighted by molar-refractivity contribution is -0.0500. The van der Waals surface area contributed by atoms with E-state index in [9.17, 15) is 26.4 Å². The number of aryl methyl sites for hydroxylation is 1. The summed E-state index contributed by atoms with van der Waals surface area (Å²) >= 11 is 0. The molecular formula is C15H16F3NO5S. The second-order valence-electron chi connectivity index (χ2n) is 6.33. The zero-order chi connectivity index (χ0) is 19.2. The van der Waals surface area contributed by atoms with Gasteiger partial charge in [0.25, 0.3) is 0 Å². The average molecular weight is 379 g/mol. The van der Waals surface area contributed by atoms with Gasteiger partial charge < -0.3 is 8.92 Å². The van der Waals surface area contributed by atoms with Crippen molar-refractivity contribution in [1.82, 2.24) is 4.57 Å². The minimum absolute atomic E-state index is 0.332. The molecule has 1 aromatic heterocycles. The van der Waals surface area contributed by atoms with Gasteiger partial charge in [0, 0.05) is 11.6 Å². The Balaban J connectivity index is 2.45. The van der Waals surface area contributed by atoms with Crippen LogP contribution in [-0.4, -0.2) is 30.2 Å².